The fourth-order valence-corrected chi connectivity index (χ4v) is 3.82. The van der Waals surface area contributed by atoms with Crippen molar-refractivity contribution in [2.45, 2.75) is 104 Å². The molecule has 0 aromatic heterocycles. The van der Waals surface area contributed by atoms with Crippen LogP contribution in [0.2, 0.25) is 0 Å². The number of hydrogen-bond donors (Lipinski definition) is 0. The standard InChI is InChI=1S/C26H42F4O3/c1-5-9-10-11-12-13-14-21(18-20-19-22(27)24(29)25(30)23(20)28)26(31-15-6-2,32-16-7-3)33-17-8-4/h19,21H,5-18H2,1-4H3. The summed E-state index contributed by atoms with van der Waals surface area (Å²) in [6.07, 6.45) is 8.92. The number of ether oxygens (including phenoxy) is 3. The molecule has 192 valence electrons. The number of rotatable bonds is 19. The molecule has 3 nitrogen and oxygen atoms in total. The van der Waals surface area contributed by atoms with Crippen molar-refractivity contribution in [3.63, 3.8) is 0 Å². The molecular formula is C26H42F4O3. The number of unbranched alkanes of at least 4 members (excludes halogenated alkanes) is 5. The van der Waals surface area contributed by atoms with Crippen LogP contribution in [-0.4, -0.2) is 25.8 Å². The third-order valence-electron chi connectivity index (χ3n) is 5.57. The number of halogens is 4. The molecule has 0 N–H and O–H groups in total. The Morgan fingerprint density at radius 3 is 1.70 bits per heavy atom. The van der Waals surface area contributed by atoms with Gasteiger partial charge in [-0.05, 0) is 43.7 Å². The minimum absolute atomic E-state index is 0.0912. The maximum Gasteiger partial charge on any atom is 0.286 e. The maximum absolute atomic E-state index is 14.6. The highest BCUT2D eigenvalue weighted by molar-refractivity contribution is 5.22. The molecule has 0 saturated carbocycles. The van der Waals surface area contributed by atoms with Crippen molar-refractivity contribution in [3.05, 3.63) is 34.9 Å². The molecule has 1 unspecified atom stereocenters. The lowest BCUT2D eigenvalue weighted by Gasteiger charge is -2.40. The van der Waals surface area contributed by atoms with Crippen LogP contribution in [0.15, 0.2) is 6.07 Å². The van der Waals surface area contributed by atoms with Crippen LogP contribution in [0, 0.1) is 29.2 Å². The van der Waals surface area contributed by atoms with Gasteiger partial charge in [0, 0.05) is 5.92 Å². The van der Waals surface area contributed by atoms with Crippen molar-refractivity contribution in [2.75, 3.05) is 19.8 Å². The van der Waals surface area contributed by atoms with E-state index in [1.807, 2.05) is 20.8 Å². The highest BCUT2D eigenvalue weighted by atomic mass is 19.2. The first-order valence-corrected chi connectivity index (χ1v) is 12.6. The third-order valence-corrected chi connectivity index (χ3v) is 5.57. The van der Waals surface area contributed by atoms with E-state index in [0.29, 0.717) is 45.5 Å². The molecule has 0 aliphatic heterocycles. The second kappa shape index (κ2) is 16.4. The van der Waals surface area contributed by atoms with Gasteiger partial charge in [-0.15, -0.1) is 0 Å². The zero-order chi connectivity index (χ0) is 24.7. The van der Waals surface area contributed by atoms with Crippen molar-refractivity contribution in [1.29, 1.82) is 0 Å². The average molecular weight is 479 g/mol. The van der Waals surface area contributed by atoms with Crippen LogP contribution >= 0.6 is 0 Å². The fourth-order valence-electron chi connectivity index (χ4n) is 3.82. The van der Waals surface area contributed by atoms with Gasteiger partial charge in [-0.25, -0.2) is 17.6 Å². The second-order valence-electron chi connectivity index (χ2n) is 8.57. The van der Waals surface area contributed by atoms with Gasteiger partial charge < -0.3 is 14.2 Å². The first kappa shape index (κ1) is 29.9. The smallest absolute Gasteiger partial charge is 0.286 e. The summed E-state index contributed by atoms with van der Waals surface area (Å²) in [5.74, 6) is -8.37. The highest BCUT2D eigenvalue weighted by Gasteiger charge is 2.43. The van der Waals surface area contributed by atoms with E-state index in [4.69, 9.17) is 14.2 Å². The maximum atomic E-state index is 14.6. The van der Waals surface area contributed by atoms with E-state index in [1.54, 1.807) is 0 Å². The molecule has 7 heteroatoms. The summed E-state index contributed by atoms with van der Waals surface area (Å²) in [5, 5.41) is 0. The molecule has 1 rings (SSSR count). The molecule has 1 atom stereocenters. The predicted octanol–water partition coefficient (Wildman–Crippen LogP) is 8.09. The fraction of sp³-hybridized carbons (Fsp3) is 0.769. The molecule has 0 bridgehead atoms. The molecular weight excluding hydrogens is 436 g/mol. The Balaban J connectivity index is 3.26. The zero-order valence-corrected chi connectivity index (χ0v) is 20.8. The van der Waals surface area contributed by atoms with Gasteiger partial charge in [-0.1, -0.05) is 66.2 Å². The van der Waals surface area contributed by atoms with Gasteiger partial charge in [0.25, 0.3) is 5.97 Å². The molecule has 0 saturated heterocycles. The Labute approximate surface area is 197 Å². The summed E-state index contributed by atoms with van der Waals surface area (Å²) in [4.78, 5) is 0. The van der Waals surface area contributed by atoms with Crippen LogP contribution in [0.4, 0.5) is 17.6 Å². The Bertz CT molecular complexity index is 648. The summed E-state index contributed by atoms with van der Waals surface area (Å²) in [6.45, 7) is 9.09. The molecule has 0 amide bonds. The van der Waals surface area contributed by atoms with Gasteiger partial charge in [-0.3, -0.25) is 0 Å². The topological polar surface area (TPSA) is 27.7 Å². The van der Waals surface area contributed by atoms with Crippen LogP contribution in [0.3, 0.4) is 0 Å². The van der Waals surface area contributed by atoms with Crippen LogP contribution in [0.25, 0.3) is 0 Å². The van der Waals surface area contributed by atoms with Crippen LogP contribution in [-0.2, 0) is 20.6 Å². The SMILES string of the molecule is CCCCCCCCC(Cc1cc(F)c(F)c(F)c1F)C(OCCC)(OCCC)OCCC. The lowest BCUT2D eigenvalue weighted by molar-refractivity contribution is -0.406. The first-order chi connectivity index (χ1) is 15.9. The Morgan fingerprint density at radius 2 is 1.18 bits per heavy atom. The van der Waals surface area contributed by atoms with Crippen LogP contribution in [0.5, 0.6) is 0 Å². The monoisotopic (exact) mass is 478 g/mol. The second-order valence-corrected chi connectivity index (χ2v) is 8.57. The third kappa shape index (κ3) is 9.53. The molecule has 0 aliphatic rings. The van der Waals surface area contributed by atoms with E-state index in [-0.39, 0.29) is 12.0 Å². The van der Waals surface area contributed by atoms with Crippen LogP contribution < -0.4 is 0 Å². The largest absolute Gasteiger partial charge is 0.327 e. The van der Waals surface area contributed by atoms with Gasteiger partial charge in [-0.2, -0.15) is 0 Å². The van der Waals surface area contributed by atoms with E-state index in [9.17, 15) is 17.6 Å². The Kier molecular flexibility index (Phi) is 14.9. The van der Waals surface area contributed by atoms with Crippen molar-refractivity contribution >= 4 is 0 Å². The zero-order valence-electron chi connectivity index (χ0n) is 20.8. The minimum Gasteiger partial charge on any atom is -0.327 e. The number of hydrogen-bond acceptors (Lipinski definition) is 3. The Morgan fingerprint density at radius 1 is 0.667 bits per heavy atom. The summed E-state index contributed by atoms with van der Waals surface area (Å²) in [6, 6.07) is 0.728. The lowest BCUT2D eigenvalue weighted by atomic mass is 9.90. The summed E-state index contributed by atoms with van der Waals surface area (Å²) in [5.41, 5.74) is -0.243. The van der Waals surface area contributed by atoms with E-state index in [0.717, 1.165) is 38.2 Å². The van der Waals surface area contributed by atoms with Gasteiger partial charge in [0.1, 0.15) is 0 Å². The molecule has 0 aliphatic carbocycles. The average Bonchev–Trinajstić information content (AvgIpc) is 2.82. The van der Waals surface area contributed by atoms with Crippen molar-refractivity contribution in [3.8, 4) is 0 Å². The van der Waals surface area contributed by atoms with Gasteiger partial charge >= 0.3 is 0 Å². The van der Waals surface area contributed by atoms with E-state index < -0.39 is 35.2 Å². The summed E-state index contributed by atoms with van der Waals surface area (Å²) >= 11 is 0. The predicted molar refractivity (Wildman–Crippen MR) is 123 cm³/mol. The van der Waals surface area contributed by atoms with E-state index in [1.165, 1.54) is 6.42 Å². The van der Waals surface area contributed by atoms with Crippen molar-refractivity contribution in [1.82, 2.24) is 0 Å². The highest BCUT2D eigenvalue weighted by Crippen LogP contribution is 2.35. The quantitative estimate of drug-likeness (QED) is 0.0661. The number of benzene rings is 1. The molecule has 0 heterocycles. The van der Waals surface area contributed by atoms with Crippen molar-refractivity contribution < 1.29 is 31.8 Å². The Hall–Kier alpha value is -1.18. The molecule has 0 radical (unpaired) electrons. The van der Waals surface area contributed by atoms with Gasteiger partial charge in [0.05, 0.1) is 19.8 Å². The molecule has 0 fully saturated rings. The van der Waals surface area contributed by atoms with Gasteiger partial charge in [0.15, 0.2) is 23.3 Å². The molecule has 0 spiro atoms. The normalized spacial score (nSPS) is 13.0. The first-order valence-electron chi connectivity index (χ1n) is 12.6. The van der Waals surface area contributed by atoms with E-state index in [2.05, 4.69) is 6.92 Å². The molecule has 1 aromatic carbocycles. The summed E-state index contributed by atoms with van der Waals surface area (Å²) in [7, 11) is 0. The lowest BCUT2D eigenvalue weighted by Crippen LogP contribution is -2.48. The summed E-state index contributed by atoms with van der Waals surface area (Å²) < 4.78 is 74.3. The molecule has 33 heavy (non-hydrogen) atoms. The molecule has 1 aromatic rings. The van der Waals surface area contributed by atoms with E-state index >= 15 is 0 Å². The van der Waals surface area contributed by atoms with Crippen LogP contribution in [0.1, 0.15) is 97.5 Å². The minimum atomic E-state index is -1.80. The van der Waals surface area contributed by atoms with Crippen molar-refractivity contribution in [2.24, 2.45) is 5.92 Å². The van der Waals surface area contributed by atoms with Gasteiger partial charge in [0.2, 0.25) is 0 Å².